The van der Waals surface area contributed by atoms with Crippen LogP contribution in [0.2, 0.25) is 0 Å². The Morgan fingerprint density at radius 3 is 2.53 bits per heavy atom. The molecule has 0 bridgehead atoms. The van der Waals surface area contributed by atoms with Gasteiger partial charge in [-0.3, -0.25) is 19.2 Å². The second-order valence-corrected chi connectivity index (χ2v) is 12.3. The number of hydrogen-bond donors (Lipinski definition) is 2. The van der Waals surface area contributed by atoms with Crippen LogP contribution in [0.25, 0.3) is 0 Å². The number of aromatic amines is 1. The number of aryl methyl sites for hydroxylation is 1. The lowest BCUT2D eigenvalue weighted by Gasteiger charge is -2.30. The van der Waals surface area contributed by atoms with Gasteiger partial charge in [0.25, 0.3) is 5.91 Å². The molecule has 3 atom stereocenters. The summed E-state index contributed by atoms with van der Waals surface area (Å²) in [5.74, 6) is -3.15. The van der Waals surface area contributed by atoms with Crippen LogP contribution in [0.5, 0.6) is 5.75 Å². The molecule has 1 fully saturated rings. The standard InChI is InChI=1S/C30H22F3N3O5S2/c1-15-5-2-8-18(11-15)34-21(37)14-41-20-10-3-6-16(12-20)22-23-25(42-26-24(22)43-29(40)35-26)28(39)36(27(23)38)19-9-4-7-17(13-19)30(31,32)33/h2-13,22-23,25H,14H2,1H3,(H,34,37)(H,35,40)/t22-,23-,25+/m0/s1. The van der Waals surface area contributed by atoms with Crippen molar-refractivity contribution >= 4 is 52.2 Å². The number of halogens is 3. The van der Waals surface area contributed by atoms with Gasteiger partial charge < -0.3 is 15.0 Å². The lowest BCUT2D eigenvalue weighted by Crippen LogP contribution is -2.32. The minimum atomic E-state index is -4.66. The van der Waals surface area contributed by atoms with Gasteiger partial charge in [0.1, 0.15) is 11.0 Å². The molecule has 2 N–H and O–H groups in total. The van der Waals surface area contributed by atoms with Crippen molar-refractivity contribution in [2.45, 2.75) is 29.3 Å². The van der Waals surface area contributed by atoms with E-state index in [1.165, 1.54) is 6.07 Å². The summed E-state index contributed by atoms with van der Waals surface area (Å²) in [6, 6.07) is 18.0. The number of imide groups is 1. The maximum Gasteiger partial charge on any atom is 0.416 e. The fourth-order valence-electron chi connectivity index (χ4n) is 5.32. The van der Waals surface area contributed by atoms with E-state index in [9.17, 15) is 32.3 Å². The van der Waals surface area contributed by atoms with Crippen LogP contribution < -0.4 is 19.8 Å². The van der Waals surface area contributed by atoms with Crippen LogP contribution in [0.3, 0.4) is 0 Å². The number of aromatic nitrogens is 1. The maximum atomic E-state index is 13.9. The Kier molecular flexibility index (Phi) is 7.38. The Morgan fingerprint density at radius 1 is 1.00 bits per heavy atom. The van der Waals surface area contributed by atoms with Crippen LogP contribution in [-0.2, 0) is 20.6 Å². The molecular weight excluding hydrogens is 603 g/mol. The van der Waals surface area contributed by atoms with Gasteiger partial charge in [-0.05, 0) is 60.5 Å². The van der Waals surface area contributed by atoms with Gasteiger partial charge in [0, 0.05) is 16.5 Å². The number of thiazole rings is 1. The molecule has 1 saturated heterocycles. The molecule has 1 aromatic heterocycles. The van der Waals surface area contributed by atoms with Crippen molar-refractivity contribution in [1.29, 1.82) is 0 Å². The van der Waals surface area contributed by atoms with E-state index in [-0.39, 0.29) is 23.1 Å². The number of nitrogens with zero attached hydrogens (tertiary/aromatic N) is 1. The van der Waals surface area contributed by atoms with E-state index in [0.717, 1.165) is 51.8 Å². The summed E-state index contributed by atoms with van der Waals surface area (Å²) < 4.78 is 46.0. The zero-order valence-electron chi connectivity index (χ0n) is 22.3. The first-order valence-corrected chi connectivity index (χ1v) is 14.7. The fraction of sp³-hybridized carbons (Fsp3) is 0.200. The highest BCUT2D eigenvalue weighted by molar-refractivity contribution is 8.00. The van der Waals surface area contributed by atoms with Gasteiger partial charge in [0.2, 0.25) is 11.8 Å². The van der Waals surface area contributed by atoms with E-state index >= 15 is 0 Å². The lowest BCUT2D eigenvalue weighted by molar-refractivity contribution is -0.137. The van der Waals surface area contributed by atoms with Crippen LogP contribution in [0.4, 0.5) is 24.5 Å². The van der Waals surface area contributed by atoms with Crippen molar-refractivity contribution in [1.82, 2.24) is 4.98 Å². The highest BCUT2D eigenvalue weighted by atomic mass is 32.2. The van der Waals surface area contributed by atoms with E-state index in [2.05, 4.69) is 10.3 Å². The lowest BCUT2D eigenvalue weighted by atomic mass is 9.83. The third kappa shape index (κ3) is 5.57. The molecular formula is C30H22F3N3O5S2. The Labute approximate surface area is 250 Å². The van der Waals surface area contributed by atoms with Gasteiger partial charge in [-0.1, -0.05) is 53.4 Å². The van der Waals surface area contributed by atoms with Gasteiger partial charge in [-0.2, -0.15) is 13.2 Å². The van der Waals surface area contributed by atoms with Crippen LogP contribution in [0, 0.1) is 12.8 Å². The molecule has 13 heteroatoms. The molecule has 6 rings (SSSR count). The van der Waals surface area contributed by atoms with E-state index < -0.39 is 40.6 Å². The number of amides is 3. The molecule has 2 aliphatic heterocycles. The van der Waals surface area contributed by atoms with Gasteiger partial charge in [0.05, 0.1) is 22.2 Å². The molecule has 0 spiro atoms. The number of thioether (sulfide) groups is 1. The smallest absolute Gasteiger partial charge is 0.416 e. The fourth-order valence-corrected chi connectivity index (χ4v) is 7.83. The van der Waals surface area contributed by atoms with Gasteiger partial charge in [0.15, 0.2) is 6.61 Å². The number of nitrogens with one attached hydrogen (secondary N) is 2. The number of ether oxygens (including phenoxy) is 1. The summed E-state index contributed by atoms with van der Waals surface area (Å²) in [4.78, 5) is 56.0. The minimum absolute atomic E-state index is 0.174. The summed E-state index contributed by atoms with van der Waals surface area (Å²) in [7, 11) is 0. The Morgan fingerprint density at radius 2 is 1.77 bits per heavy atom. The zero-order chi connectivity index (χ0) is 30.5. The van der Waals surface area contributed by atoms with Gasteiger partial charge in [-0.15, -0.1) is 0 Å². The second kappa shape index (κ2) is 11.0. The van der Waals surface area contributed by atoms with Crippen molar-refractivity contribution < 1.29 is 32.3 Å². The first kappa shape index (κ1) is 28.7. The Hall–Kier alpha value is -4.36. The molecule has 0 aliphatic carbocycles. The summed E-state index contributed by atoms with van der Waals surface area (Å²) in [5, 5.41) is 2.21. The summed E-state index contributed by atoms with van der Waals surface area (Å²) >= 11 is 1.93. The van der Waals surface area contributed by atoms with Crippen LogP contribution in [0.15, 0.2) is 82.6 Å². The maximum absolute atomic E-state index is 13.9. The third-order valence-corrected chi connectivity index (χ3v) is 9.55. The van der Waals surface area contributed by atoms with E-state index in [0.29, 0.717) is 26.9 Å². The number of fused-ring (bicyclic) bond motifs is 2. The topological polar surface area (TPSA) is 109 Å². The van der Waals surface area contributed by atoms with Crippen molar-refractivity contribution in [3.05, 3.63) is 104 Å². The zero-order valence-corrected chi connectivity index (χ0v) is 23.9. The van der Waals surface area contributed by atoms with E-state index in [4.69, 9.17) is 4.74 Å². The first-order chi connectivity index (χ1) is 20.5. The third-order valence-electron chi connectivity index (χ3n) is 7.14. The average Bonchev–Trinajstić information content (AvgIpc) is 3.45. The number of H-pyrrole nitrogens is 1. The summed E-state index contributed by atoms with van der Waals surface area (Å²) in [5.41, 5.74) is 0.998. The molecule has 3 heterocycles. The van der Waals surface area contributed by atoms with Gasteiger partial charge >= 0.3 is 11.0 Å². The molecule has 0 unspecified atom stereocenters. The number of rotatable bonds is 6. The van der Waals surface area contributed by atoms with E-state index in [1.54, 1.807) is 30.3 Å². The van der Waals surface area contributed by atoms with Crippen LogP contribution in [-0.4, -0.2) is 34.6 Å². The number of hydrogen-bond acceptors (Lipinski definition) is 7. The van der Waals surface area contributed by atoms with Crippen molar-refractivity contribution in [2.75, 3.05) is 16.8 Å². The van der Waals surface area contributed by atoms with Gasteiger partial charge in [-0.25, -0.2) is 4.90 Å². The summed E-state index contributed by atoms with van der Waals surface area (Å²) in [6.07, 6.45) is -4.66. The number of alkyl halides is 3. The SMILES string of the molecule is Cc1cccc(NC(=O)COc2cccc([C@@H]3c4sc(=O)[nH]c4S[C@H]4C(=O)N(c5cccc(C(F)(F)F)c5)C(=O)[C@@H]34)c2)c1. The average molecular weight is 626 g/mol. The second-order valence-electron chi connectivity index (χ2n) is 10.1. The Balaban J connectivity index is 1.30. The van der Waals surface area contributed by atoms with Crippen molar-refractivity contribution in [3.8, 4) is 5.75 Å². The molecule has 3 aromatic carbocycles. The summed E-state index contributed by atoms with van der Waals surface area (Å²) in [6.45, 7) is 1.60. The largest absolute Gasteiger partial charge is 0.484 e. The molecule has 0 radical (unpaired) electrons. The predicted molar refractivity (Wildman–Crippen MR) is 156 cm³/mol. The van der Waals surface area contributed by atoms with Crippen molar-refractivity contribution in [3.63, 3.8) is 0 Å². The predicted octanol–water partition coefficient (Wildman–Crippen LogP) is 5.58. The van der Waals surface area contributed by atoms with Crippen LogP contribution in [0.1, 0.15) is 27.5 Å². The number of carbonyl (C=O) groups excluding carboxylic acids is 3. The molecule has 220 valence electrons. The molecule has 0 saturated carbocycles. The highest BCUT2D eigenvalue weighted by Gasteiger charge is 2.56. The van der Waals surface area contributed by atoms with E-state index in [1.807, 2.05) is 25.1 Å². The quantitative estimate of drug-likeness (QED) is 0.271. The Bertz CT molecular complexity index is 1820. The monoisotopic (exact) mass is 625 g/mol. The van der Waals surface area contributed by atoms with Crippen molar-refractivity contribution in [2.24, 2.45) is 5.92 Å². The number of anilines is 2. The number of benzene rings is 3. The normalized spacial score (nSPS) is 19.6. The molecule has 4 aromatic rings. The first-order valence-electron chi connectivity index (χ1n) is 13.0. The molecule has 43 heavy (non-hydrogen) atoms. The number of carbonyl (C=O) groups is 3. The molecule has 3 amide bonds. The minimum Gasteiger partial charge on any atom is -0.484 e. The highest BCUT2D eigenvalue weighted by Crippen LogP contribution is 2.53. The molecule has 2 aliphatic rings. The van der Waals surface area contributed by atoms with Crippen LogP contribution >= 0.6 is 23.1 Å². The molecule has 8 nitrogen and oxygen atoms in total.